The Morgan fingerprint density at radius 3 is 1.59 bits per heavy atom. The SMILES string of the molecule is CC1(C)OC2C(O1)[C@@H](Cc1ccccc1)NC(=O)N[C@@H]2Cc1ccccc1. The minimum Gasteiger partial charge on any atom is -0.342 e. The third kappa shape index (κ3) is 4.15. The van der Waals surface area contributed by atoms with E-state index >= 15 is 0 Å². The Balaban J connectivity index is 1.60. The van der Waals surface area contributed by atoms with Gasteiger partial charge >= 0.3 is 6.03 Å². The minimum atomic E-state index is -0.678. The van der Waals surface area contributed by atoms with Gasteiger partial charge < -0.3 is 20.1 Å². The van der Waals surface area contributed by atoms with Crippen LogP contribution in [0.5, 0.6) is 0 Å². The summed E-state index contributed by atoms with van der Waals surface area (Å²) in [6.45, 7) is 3.87. The van der Waals surface area contributed by atoms with Gasteiger partial charge in [-0.3, -0.25) is 0 Å². The maximum Gasteiger partial charge on any atom is 0.315 e. The van der Waals surface area contributed by atoms with Crippen molar-refractivity contribution < 1.29 is 14.3 Å². The molecule has 2 aliphatic heterocycles. The molecule has 5 heteroatoms. The first-order valence-electron chi connectivity index (χ1n) is 9.51. The van der Waals surface area contributed by atoms with E-state index in [1.54, 1.807) is 0 Å². The number of fused-ring (bicyclic) bond motifs is 1. The predicted octanol–water partition coefficient (Wildman–Crippen LogP) is 3.04. The lowest BCUT2D eigenvalue weighted by atomic mass is 9.92. The number of rotatable bonds is 4. The molecular weight excluding hydrogens is 340 g/mol. The number of carbonyl (C=O) groups is 1. The van der Waals surface area contributed by atoms with Crippen LogP contribution in [0.25, 0.3) is 0 Å². The van der Waals surface area contributed by atoms with E-state index in [0.29, 0.717) is 12.8 Å². The van der Waals surface area contributed by atoms with Crippen LogP contribution in [0, 0.1) is 0 Å². The average molecular weight is 366 g/mol. The van der Waals surface area contributed by atoms with Gasteiger partial charge in [-0.25, -0.2) is 4.79 Å². The third-order valence-electron chi connectivity index (χ3n) is 5.19. The molecule has 0 spiro atoms. The van der Waals surface area contributed by atoms with Crippen molar-refractivity contribution in [1.29, 1.82) is 0 Å². The molecule has 0 radical (unpaired) electrons. The van der Waals surface area contributed by atoms with Crippen LogP contribution in [-0.2, 0) is 22.3 Å². The highest BCUT2D eigenvalue weighted by Gasteiger charge is 2.50. The van der Waals surface area contributed by atoms with Crippen molar-refractivity contribution in [3.8, 4) is 0 Å². The van der Waals surface area contributed by atoms with E-state index < -0.39 is 5.79 Å². The van der Waals surface area contributed by atoms with Crippen molar-refractivity contribution in [3.05, 3.63) is 71.8 Å². The second-order valence-electron chi connectivity index (χ2n) is 7.77. The number of hydrogen-bond acceptors (Lipinski definition) is 3. The predicted molar refractivity (Wildman–Crippen MR) is 103 cm³/mol. The Morgan fingerprint density at radius 1 is 0.778 bits per heavy atom. The van der Waals surface area contributed by atoms with Gasteiger partial charge in [0.15, 0.2) is 5.79 Å². The molecule has 4 rings (SSSR count). The molecule has 0 saturated carbocycles. The van der Waals surface area contributed by atoms with E-state index in [1.165, 1.54) is 0 Å². The van der Waals surface area contributed by atoms with Crippen LogP contribution >= 0.6 is 0 Å². The third-order valence-corrected chi connectivity index (χ3v) is 5.19. The summed E-state index contributed by atoms with van der Waals surface area (Å²) in [6.07, 6.45) is 0.973. The number of nitrogens with one attached hydrogen (secondary N) is 2. The van der Waals surface area contributed by atoms with Crippen LogP contribution in [0.1, 0.15) is 25.0 Å². The van der Waals surface area contributed by atoms with Gasteiger partial charge in [-0.05, 0) is 37.8 Å². The highest BCUT2D eigenvalue weighted by atomic mass is 16.8. The number of hydrogen-bond donors (Lipinski definition) is 2. The van der Waals surface area contributed by atoms with Gasteiger partial charge in [-0.1, -0.05) is 60.7 Å². The number of ether oxygens (including phenoxy) is 2. The first-order valence-corrected chi connectivity index (χ1v) is 9.51. The summed E-state index contributed by atoms with van der Waals surface area (Å²) >= 11 is 0. The lowest BCUT2D eigenvalue weighted by Crippen LogP contribution is -2.47. The molecule has 0 bridgehead atoms. The molecule has 142 valence electrons. The van der Waals surface area contributed by atoms with Gasteiger partial charge in [0.2, 0.25) is 0 Å². The van der Waals surface area contributed by atoms with Crippen molar-refractivity contribution in [2.45, 2.75) is 56.8 Å². The molecule has 2 fully saturated rings. The minimum absolute atomic E-state index is 0.153. The van der Waals surface area contributed by atoms with E-state index in [2.05, 4.69) is 34.9 Å². The molecule has 2 aromatic carbocycles. The van der Waals surface area contributed by atoms with Crippen molar-refractivity contribution in [1.82, 2.24) is 10.6 Å². The Labute approximate surface area is 160 Å². The van der Waals surface area contributed by atoms with Crippen LogP contribution in [0.2, 0.25) is 0 Å². The number of urea groups is 1. The van der Waals surface area contributed by atoms with Gasteiger partial charge in [0.05, 0.1) is 12.1 Å². The molecule has 2 amide bonds. The lowest BCUT2D eigenvalue weighted by molar-refractivity contribution is -0.150. The normalized spacial score (nSPS) is 29.3. The van der Waals surface area contributed by atoms with Crippen LogP contribution in [-0.4, -0.2) is 36.1 Å². The zero-order chi connectivity index (χ0) is 18.9. The molecule has 0 aliphatic carbocycles. The summed E-state index contributed by atoms with van der Waals surface area (Å²) in [5, 5.41) is 6.19. The van der Waals surface area contributed by atoms with Crippen LogP contribution in [0.15, 0.2) is 60.7 Å². The Hall–Kier alpha value is -2.37. The largest absolute Gasteiger partial charge is 0.342 e. The second kappa shape index (κ2) is 7.33. The highest BCUT2D eigenvalue weighted by Crippen LogP contribution is 2.34. The number of amides is 2. The van der Waals surface area contributed by atoms with E-state index in [0.717, 1.165) is 11.1 Å². The topological polar surface area (TPSA) is 59.6 Å². The van der Waals surface area contributed by atoms with Crippen molar-refractivity contribution in [3.63, 3.8) is 0 Å². The van der Waals surface area contributed by atoms with Crippen molar-refractivity contribution in [2.24, 2.45) is 0 Å². The molecule has 2 aromatic rings. The first-order chi connectivity index (χ1) is 13.0. The molecule has 2 aliphatic rings. The maximum absolute atomic E-state index is 12.5. The molecule has 5 nitrogen and oxygen atoms in total. The van der Waals surface area contributed by atoms with E-state index in [9.17, 15) is 4.79 Å². The van der Waals surface area contributed by atoms with E-state index in [1.807, 2.05) is 50.2 Å². The molecular formula is C22H26N2O3. The fraction of sp³-hybridized carbons (Fsp3) is 0.409. The van der Waals surface area contributed by atoms with Gasteiger partial charge in [0.1, 0.15) is 12.2 Å². The quantitative estimate of drug-likeness (QED) is 0.874. The second-order valence-corrected chi connectivity index (χ2v) is 7.77. The molecule has 2 N–H and O–H groups in total. The van der Waals surface area contributed by atoms with E-state index in [4.69, 9.17) is 9.47 Å². The average Bonchev–Trinajstić information content (AvgIpc) is 2.93. The number of benzene rings is 2. The van der Waals surface area contributed by atoms with Gasteiger partial charge in [-0.2, -0.15) is 0 Å². The smallest absolute Gasteiger partial charge is 0.315 e. The van der Waals surface area contributed by atoms with Gasteiger partial charge in [0, 0.05) is 0 Å². The molecule has 2 saturated heterocycles. The number of carbonyl (C=O) groups excluding carboxylic acids is 1. The summed E-state index contributed by atoms with van der Waals surface area (Å²) in [5.41, 5.74) is 2.33. The molecule has 0 aromatic heterocycles. The van der Waals surface area contributed by atoms with E-state index in [-0.39, 0.29) is 30.3 Å². The lowest BCUT2D eigenvalue weighted by Gasteiger charge is -2.26. The summed E-state index contributed by atoms with van der Waals surface area (Å²) in [4.78, 5) is 12.5. The van der Waals surface area contributed by atoms with Crippen LogP contribution in [0.4, 0.5) is 4.79 Å². The summed E-state index contributed by atoms with van der Waals surface area (Å²) in [5.74, 6) is -0.678. The Bertz CT molecular complexity index is 715. The molecule has 2 unspecified atom stereocenters. The zero-order valence-corrected chi connectivity index (χ0v) is 15.7. The fourth-order valence-corrected chi connectivity index (χ4v) is 4.05. The zero-order valence-electron chi connectivity index (χ0n) is 15.7. The van der Waals surface area contributed by atoms with Gasteiger partial charge in [-0.15, -0.1) is 0 Å². The Morgan fingerprint density at radius 2 is 1.19 bits per heavy atom. The summed E-state index contributed by atoms with van der Waals surface area (Å²) < 4.78 is 12.5. The fourth-order valence-electron chi connectivity index (χ4n) is 4.05. The van der Waals surface area contributed by atoms with Crippen molar-refractivity contribution >= 4 is 6.03 Å². The maximum atomic E-state index is 12.5. The Kier molecular flexibility index (Phi) is 4.89. The standard InChI is InChI=1S/C22H26N2O3/c1-22(2)26-19-17(13-15-9-5-3-6-10-15)23-21(25)24-18(20(19)27-22)14-16-11-7-4-8-12-16/h3-12,17-20H,13-14H2,1-2H3,(H2,23,24,25)/t17-,18-,19?,20?/m1/s1. The monoisotopic (exact) mass is 366 g/mol. The molecule has 4 atom stereocenters. The highest BCUT2D eigenvalue weighted by molar-refractivity contribution is 5.75. The van der Waals surface area contributed by atoms with Crippen LogP contribution < -0.4 is 10.6 Å². The van der Waals surface area contributed by atoms with Crippen LogP contribution in [0.3, 0.4) is 0 Å². The summed E-state index contributed by atoms with van der Waals surface area (Å²) in [6, 6.07) is 19.8. The van der Waals surface area contributed by atoms with Gasteiger partial charge in [0.25, 0.3) is 0 Å². The molecule has 27 heavy (non-hydrogen) atoms. The summed E-state index contributed by atoms with van der Waals surface area (Å²) in [7, 11) is 0. The first kappa shape index (κ1) is 18.0. The van der Waals surface area contributed by atoms with Crippen molar-refractivity contribution in [2.75, 3.05) is 0 Å². The molecule has 2 heterocycles.